The Labute approximate surface area is 87.4 Å². The van der Waals surface area contributed by atoms with Gasteiger partial charge < -0.3 is 5.11 Å². The van der Waals surface area contributed by atoms with Gasteiger partial charge in [-0.15, -0.1) is 11.3 Å². The third kappa shape index (κ3) is 1.90. The van der Waals surface area contributed by atoms with Crippen molar-refractivity contribution in [2.75, 3.05) is 0 Å². The fourth-order valence-corrected chi connectivity index (χ4v) is 3.38. The second-order valence-electron chi connectivity index (χ2n) is 3.59. The van der Waals surface area contributed by atoms with Crippen molar-refractivity contribution in [1.29, 1.82) is 0 Å². The van der Waals surface area contributed by atoms with Crippen molar-refractivity contribution in [2.45, 2.75) is 37.7 Å². The van der Waals surface area contributed by atoms with E-state index in [2.05, 4.69) is 0 Å². The summed E-state index contributed by atoms with van der Waals surface area (Å²) in [7, 11) is 0. The Hall–Kier alpha value is -0.0500. The summed E-state index contributed by atoms with van der Waals surface area (Å²) in [5.74, 6) is 0.293. The van der Waals surface area contributed by atoms with Crippen molar-refractivity contribution >= 4 is 22.9 Å². The Kier molecular flexibility index (Phi) is 2.92. The summed E-state index contributed by atoms with van der Waals surface area (Å²) in [6.07, 6.45) is 4.21. The third-order valence-corrected chi connectivity index (χ3v) is 4.20. The van der Waals surface area contributed by atoms with Crippen molar-refractivity contribution in [3.63, 3.8) is 0 Å². The largest absolute Gasteiger partial charge is 0.392 e. The molecule has 0 bridgehead atoms. The Morgan fingerprint density at radius 1 is 1.38 bits per heavy atom. The van der Waals surface area contributed by atoms with E-state index in [1.807, 2.05) is 11.4 Å². The first kappa shape index (κ1) is 9.50. The van der Waals surface area contributed by atoms with E-state index in [-0.39, 0.29) is 6.10 Å². The number of halogens is 1. The third-order valence-electron chi connectivity index (χ3n) is 2.71. The van der Waals surface area contributed by atoms with E-state index in [0.29, 0.717) is 5.92 Å². The van der Waals surface area contributed by atoms with Gasteiger partial charge in [-0.2, -0.15) is 0 Å². The average Bonchev–Trinajstić information content (AvgIpc) is 2.52. The molecular weight excluding hydrogens is 204 g/mol. The van der Waals surface area contributed by atoms with Gasteiger partial charge in [-0.25, -0.2) is 0 Å². The minimum atomic E-state index is -0.176. The molecule has 0 aliphatic heterocycles. The Bertz CT molecular complexity index is 284. The molecule has 1 fully saturated rings. The SMILES string of the molecule is O[C@@H]1CCCC[C@H]1c1sccc1Cl. The second-order valence-corrected chi connectivity index (χ2v) is 4.95. The van der Waals surface area contributed by atoms with Crippen LogP contribution in [0.1, 0.15) is 36.5 Å². The Morgan fingerprint density at radius 2 is 2.15 bits per heavy atom. The van der Waals surface area contributed by atoms with E-state index in [9.17, 15) is 5.11 Å². The Morgan fingerprint density at radius 3 is 2.77 bits per heavy atom. The Balaban J connectivity index is 2.19. The van der Waals surface area contributed by atoms with E-state index >= 15 is 0 Å². The lowest BCUT2D eigenvalue weighted by molar-refractivity contribution is 0.107. The number of aliphatic hydroxyl groups excluding tert-OH is 1. The molecular formula is C10H13ClOS. The molecule has 13 heavy (non-hydrogen) atoms. The van der Waals surface area contributed by atoms with Crippen LogP contribution >= 0.6 is 22.9 Å². The van der Waals surface area contributed by atoms with Gasteiger partial charge in [-0.3, -0.25) is 0 Å². The van der Waals surface area contributed by atoms with Gasteiger partial charge in [-0.05, 0) is 24.3 Å². The predicted molar refractivity (Wildman–Crippen MR) is 56.5 cm³/mol. The molecule has 1 aliphatic rings. The first-order chi connectivity index (χ1) is 6.29. The normalized spacial score (nSPS) is 29.1. The van der Waals surface area contributed by atoms with Crippen molar-refractivity contribution in [3.8, 4) is 0 Å². The van der Waals surface area contributed by atoms with Crippen LogP contribution in [0.2, 0.25) is 5.02 Å². The molecule has 72 valence electrons. The van der Waals surface area contributed by atoms with Crippen LogP contribution in [0.25, 0.3) is 0 Å². The molecule has 2 rings (SSSR count). The molecule has 0 aromatic carbocycles. The summed E-state index contributed by atoms with van der Waals surface area (Å²) in [5, 5.41) is 12.6. The molecule has 1 aromatic rings. The van der Waals surface area contributed by atoms with Gasteiger partial charge in [-0.1, -0.05) is 24.4 Å². The quantitative estimate of drug-likeness (QED) is 0.763. The average molecular weight is 217 g/mol. The van der Waals surface area contributed by atoms with Gasteiger partial charge >= 0.3 is 0 Å². The van der Waals surface area contributed by atoms with Crippen molar-refractivity contribution in [3.05, 3.63) is 21.3 Å². The minimum absolute atomic E-state index is 0.176. The number of hydrogen-bond donors (Lipinski definition) is 1. The number of aliphatic hydroxyl groups is 1. The number of thiophene rings is 1. The van der Waals surface area contributed by atoms with Crippen molar-refractivity contribution in [1.82, 2.24) is 0 Å². The molecule has 2 atom stereocenters. The highest BCUT2D eigenvalue weighted by atomic mass is 35.5. The predicted octanol–water partition coefficient (Wildman–Crippen LogP) is 3.42. The number of rotatable bonds is 1. The molecule has 1 saturated carbocycles. The molecule has 1 nitrogen and oxygen atoms in total. The van der Waals surface area contributed by atoms with Crippen LogP contribution < -0.4 is 0 Å². The van der Waals surface area contributed by atoms with E-state index in [1.165, 1.54) is 11.3 Å². The number of hydrogen-bond acceptors (Lipinski definition) is 2. The fourth-order valence-electron chi connectivity index (χ4n) is 1.99. The summed E-state index contributed by atoms with van der Waals surface area (Å²) >= 11 is 7.71. The van der Waals surface area contributed by atoms with Crippen molar-refractivity contribution in [2.24, 2.45) is 0 Å². The molecule has 0 unspecified atom stereocenters. The van der Waals surface area contributed by atoms with E-state index in [1.54, 1.807) is 11.3 Å². The standard InChI is InChI=1S/C10H13ClOS/c11-8-5-6-13-10(8)7-3-1-2-4-9(7)12/h5-7,9,12H,1-4H2/t7-,9-/m1/s1. The highest BCUT2D eigenvalue weighted by molar-refractivity contribution is 7.10. The van der Waals surface area contributed by atoms with Crippen LogP contribution in [0.4, 0.5) is 0 Å². The summed E-state index contributed by atoms with van der Waals surface area (Å²) in [6, 6.07) is 1.92. The van der Waals surface area contributed by atoms with E-state index in [0.717, 1.165) is 24.3 Å². The van der Waals surface area contributed by atoms with Gasteiger partial charge in [0.1, 0.15) is 0 Å². The van der Waals surface area contributed by atoms with Gasteiger partial charge in [0.15, 0.2) is 0 Å². The fraction of sp³-hybridized carbons (Fsp3) is 0.600. The molecule has 1 heterocycles. The maximum atomic E-state index is 9.81. The molecule has 3 heteroatoms. The molecule has 1 N–H and O–H groups in total. The zero-order chi connectivity index (χ0) is 9.26. The van der Waals surface area contributed by atoms with Gasteiger partial charge in [0.2, 0.25) is 0 Å². The molecule has 1 aromatic heterocycles. The maximum Gasteiger partial charge on any atom is 0.0617 e. The zero-order valence-corrected chi connectivity index (χ0v) is 8.94. The first-order valence-electron chi connectivity index (χ1n) is 4.70. The maximum absolute atomic E-state index is 9.81. The highest BCUT2D eigenvalue weighted by Crippen LogP contribution is 2.39. The lowest BCUT2D eigenvalue weighted by Gasteiger charge is -2.26. The van der Waals surface area contributed by atoms with Crippen LogP contribution in [-0.2, 0) is 0 Å². The minimum Gasteiger partial charge on any atom is -0.392 e. The van der Waals surface area contributed by atoms with E-state index < -0.39 is 0 Å². The lowest BCUT2D eigenvalue weighted by Crippen LogP contribution is -2.21. The van der Waals surface area contributed by atoms with Crippen molar-refractivity contribution < 1.29 is 5.11 Å². The molecule has 1 aliphatic carbocycles. The second kappa shape index (κ2) is 3.99. The lowest BCUT2D eigenvalue weighted by atomic mass is 9.85. The zero-order valence-electron chi connectivity index (χ0n) is 7.37. The molecule has 0 saturated heterocycles. The monoisotopic (exact) mass is 216 g/mol. The van der Waals surface area contributed by atoms with Crippen LogP contribution in [0.15, 0.2) is 11.4 Å². The summed E-state index contributed by atoms with van der Waals surface area (Å²) in [5.41, 5.74) is 0. The molecule has 0 spiro atoms. The van der Waals surface area contributed by atoms with Crippen LogP contribution in [0.3, 0.4) is 0 Å². The molecule has 0 amide bonds. The smallest absolute Gasteiger partial charge is 0.0617 e. The summed E-state index contributed by atoms with van der Waals surface area (Å²) in [6.45, 7) is 0. The van der Waals surface area contributed by atoms with Crippen LogP contribution in [-0.4, -0.2) is 11.2 Å². The van der Waals surface area contributed by atoms with Crippen LogP contribution in [0, 0.1) is 0 Å². The topological polar surface area (TPSA) is 20.2 Å². The highest BCUT2D eigenvalue weighted by Gasteiger charge is 2.26. The first-order valence-corrected chi connectivity index (χ1v) is 5.96. The van der Waals surface area contributed by atoms with Gasteiger partial charge in [0, 0.05) is 10.8 Å². The molecule has 0 radical (unpaired) electrons. The van der Waals surface area contributed by atoms with Gasteiger partial charge in [0.05, 0.1) is 11.1 Å². The van der Waals surface area contributed by atoms with Crippen LogP contribution in [0.5, 0.6) is 0 Å². The summed E-state index contributed by atoms with van der Waals surface area (Å²) in [4.78, 5) is 1.17. The summed E-state index contributed by atoms with van der Waals surface area (Å²) < 4.78 is 0. The van der Waals surface area contributed by atoms with E-state index in [4.69, 9.17) is 11.6 Å². The van der Waals surface area contributed by atoms with Gasteiger partial charge in [0.25, 0.3) is 0 Å².